The second-order valence-corrected chi connectivity index (χ2v) is 6.45. The van der Waals surface area contributed by atoms with Gasteiger partial charge in [0.2, 0.25) is 11.8 Å². The van der Waals surface area contributed by atoms with Crippen molar-refractivity contribution in [2.45, 2.75) is 25.8 Å². The minimum absolute atomic E-state index is 0.0503. The van der Waals surface area contributed by atoms with E-state index in [0.717, 1.165) is 25.9 Å². The van der Waals surface area contributed by atoms with Crippen LogP contribution in [0.3, 0.4) is 0 Å². The van der Waals surface area contributed by atoms with E-state index in [0.29, 0.717) is 30.4 Å². The summed E-state index contributed by atoms with van der Waals surface area (Å²) in [6.07, 6.45) is 1.56. The number of rotatable bonds is 4. The molecule has 3 rings (SSSR count). The number of nitrogens with one attached hydrogen (secondary N) is 2. The molecule has 0 radical (unpaired) electrons. The maximum absolute atomic E-state index is 12.5. The van der Waals surface area contributed by atoms with Gasteiger partial charge in [-0.15, -0.1) is 0 Å². The van der Waals surface area contributed by atoms with Crippen LogP contribution in [0.15, 0.2) is 18.2 Å². The van der Waals surface area contributed by atoms with Gasteiger partial charge in [0.25, 0.3) is 0 Å². The fourth-order valence-corrected chi connectivity index (χ4v) is 3.29. The van der Waals surface area contributed by atoms with Crippen LogP contribution in [-0.4, -0.2) is 56.1 Å². The molecule has 0 aliphatic carbocycles. The maximum Gasteiger partial charge on any atom is 0.241 e. The van der Waals surface area contributed by atoms with E-state index in [-0.39, 0.29) is 23.8 Å². The number of nitrogens with zero attached hydrogens (tertiary/aromatic N) is 1. The Morgan fingerprint density at radius 2 is 1.84 bits per heavy atom. The first-order valence-corrected chi connectivity index (χ1v) is 8.74. The van der Waals surface area contributed by atoms with Crippen LogP contribution in [-0.2, 0) is 9.59 Å². The summed E-state index contributed by atoms with van der Waals surface area (Å²) in [7, 11) is 1.66. The zero-order valence-electron chi connectivity index (χ0n) is 14.7. The molecule has 2 heterocycles. The first kappa shape index (κ1) is 17.5. The van der Waals surface area contributed by atoms with Crippen LogP contribution in [0.4, 0.5) is 5.69 Å². The highest BCUT2D eigenvalue weighted by atomic mass is 16.6. The average molecular weight is 347 g/mol. The number of amides is 2. The van der Waals surface area contributed by atoms with Crippen LogP contribution in [0.1, 0.15) is 19.8 Å². The van der Waals surface area contributed by atoms with Crippen molar-refractivity contribution in [2.24, 2.45) is 5.92 Å². The number of hydrogen-bond acceptors (Lipinski definition) is 5. The third kappa shape index (κ3) is 4.04. The van der Waals surface area contributed by atoms with Gasteiger partial charge in [-0.1, -0.05) is 0 Å². The third-order valence-electron chi connectivity index (χ3n) is 4.88. The van der Waals surface area contributed by atoms with E-state index in [2.05, 4.69) is 15.5 Å². The van der Waals surface area contributed by atoms with Gasteiger partial charge >= 0.3 is 0 Å². The van der Waals surface area contributed by atoms with E-state index in [9.17, 15) is 9.59 Å². The van der Waals surface area contributed by atoms with E-state index in [1.54, 1.807) is 13.1 Å². The second-order valence-electron chi connectivity index (χ2n) is 6.45. The predicted octanol–water partition coefficient (Wildman–Crippen LogP) is 1.24. The number of ether oxygens (including phenoxy) is 2. The molecule has 2 aliphatic heterocycles. The molecule has 25 heavy (non-hydrogen) atoms. The molecular formula is C18H25N3O4. The standard InChI is InChI=1S/C18H25N3O4/c1-12(21-7-5-13(6-8-21)18(23)19-2)17(22)20-14-3-4-15-16(11-14)25-10-9-24-15/h3-4,11-13H,5-10H2,1-2H3,(H,19,23)(H,20,22). The summed E-state index contributed by atoms with van der Waals surface area (Å²) in [6, 6.07) is 5.16. The molecule has 7 nitrogen and oxygen atoms in total. The molecule has 2 N–H and O–H groups in total. The van der Waals surface area contributed by atoms with Gasteiger partial charge < -0.3 is 20.1 Å². The monoisotopic (exact) mass is 347 g/mol. The summed E-state index contributed by atoms with van der Waals surface area (Å²) in [6.45, 7) is 4.44. The van der Waals surface area contributed by atoms with Gasteiger partial charge in [-0.05, 0) is 45.0 Å². The minimum Gasteiger partial charge on any atom is -0.486 e. The van der Waals surface area contributed by atoms with Gasteiger partial charge in [-0.2, -0.15) is 0 Å². The smallest absolute Gasteiger partial charge is 0.241 e. The Morgan fingerprint density at radius 1 is 1.16 bits per heavy atom. The molecule has 0 spiro atoms. The molecular weight excluding hydrogens is 322 g/mol. The van der Waals surface area contributed by atoms with Gasteiger partial charge in [0, 0.05) is 24.7 Å². The zero-order chi connectivity index (χ0) is 17.8. The Balaban J connectivity index is 1.55. The number of piperidine rings is 1. The fraction of sp³-hybridized carbons (Fsp3) is 0.556. The molecule has 7 heteroatoms. The Labute approximate surface area is 147 Å². The first-order chi connectivity index (χ1) is 12.1. The number of anilines is 1. The van der Waals surface area contributed by atoms with Crippen LogP contribution in [0.5, 0.6) is 11.5 Å². The lowest BCUT2D eigenvalue weighted by Crippen LogP contribution is -2.47. The first-order valence-electron chi connectivity index (χ1n) is 8.74. The summed E-state index contributed by atoms with van der Waals surface area (Å²) in [5.41, 5.74) is 0.696. The number of carbonyl (C=O) groups is 2. The van der Waals surface area contributed by atoms with Crippen molar-refractivity contribution in [2.75, 3.05) is 38.7 Å². The van der Waals surface area contributed by atoms with E-state index in [4.69, 9.17) is 9.47 Å². The molecule has 0 bridgehead atoms. The van der Waals surface area contributed by atoms with E-state index in [1.165, 1.54) is 0 Å². The van der Waals surface area contributed by atoms with Crippen molar-refractivity contribution in [3.63, 3.8) is 0 Å². The number of likely N-dealkylation sites (tertiary alicyclic amines) is 1. The molecule has 1 aromatic carbocycles. The molecule has 0 aromatic heterocycles. The third-order valence-corrected chi connectivity index (χ3v) is 4.88. The van der Waals surface area contributed by atoms with Crippen molar-refractivity contribution in [3.05, 3.63) is 18.2 Å². The van der Waals surface area contributed by atoms with Crippen molar-refractivity contribution in [1.29, 1.82) is 0 Å². The average Bonchev–Trinajstić information content (AvgIpc) is 2.66. The Kier molecular flexibility index (Phi) is 5.43. The molecule has 136 valence electrons. The minimum atomic E-state index is -0.251. The van der Waals surface area contributed by atoms with E-state index in [1.807, 2.05) is 19.1 Å². The SMILES string of the molecule is CNC(=O)C1CCN(C(C)C(=O)Nc2ccc3c(c2)OCCO3)CC1. The van der Waals surface area contributed by atoms with Gasteiger partial charge in [-0.25, -0.2) is 0 Å². The molecule has 1 fully saturated rings. The van der Waals surface area contributed by atoms with Crippen LogP contribution < -0.4 is 20.1 Å². The molecule has 2 aliphatic rings. The van der Waals surface area contributed by atoms with Crippen LogP contribution in [0.2, 0.25) is 0 Å². The van der Waals surface area contributed by atoms with Gasteiger partial charge in [-0.3, -0.25) is 14.5 Å². The predicted molar refractivity (Wildman–Crippen MR) is 93.9 cm³/mol. The van der Waals surface area contributed by atoms with Gasteiger partial charge in [0.05, 0.1) is 6.04 Å². The van der Waals surface area contributed by atoms with Crippen molar-refractivity contribution >= 4 is 17.5 Å². The lowest BCUT2D eigenvalue weighted by Gasteiger charge is -2.34. The van der Waals surface area contributed by atoms with E-state index >= 15 is 0 Å². The number of hydrogen-bond donors (Lipinski definition) is 2. The highest BCUT2D eigenvalue weighted by Crippen LogP contribution is 2.32. The Hall–Kier alpha value is -2.28. The van der Waals surface area contributed by atoms with Crippen molar-refractivity contribution < 1.29 is 19.1 Å². The molecule has 1 saturated heterocycles. The largest absolute Gasteiger partial charge is 0.486 e. The van der Waals surface area contributed by atoms with Gasteiger partial charge in [0.15, 0.2) is 11.5 Å². The second kappa shape index (κ2) is 7.74. The highest BCUT2D eigenvalue weighted by molar-refractivity contribution is 5.94. The Morgan fingerprint density at radius 3 is 2.52 bits per heavy atom. The van der Waals surface area contributed by atoms with Gasteiger partial charge in [0.1, 0.15) is 13.2 Å². The summed E-state index contributed by atoms with van der Waals surface area (Å²) < 4.78 is 11.0. The Bertz CT molecular complexity index is 641. The normalized spacial score (nSPS) is 19.1. The highest BCUT2D eigenvalue weighted by Gasteiger charge is 2.29. The fourth-order valence-electron chi connectivity index (χ4n) is 3.29. The topological polar surface area (TPSA) is 79.9 Å². The lowest BCUT2D eigenvalue weighted by atomic mass is 9.95. The summed E-state index contributed by atoms with van der Waals surface area (Å²) in [5.74, 6) is 1.44. The number of carbonyl (C=O) groups excluding carboxylic acids is 2. The molecule has 1 aromatic rings. The van der Waals surface area contributed by atoms with Crippen molar-refractivity contribution in [3.8, 4) is 11.5 Å². The van der Waals surface area contributed by atoms with Crippen LogP contribution >= 0.6 is 0 Å². The van der Waals surface area contributed by atoms with Crippen LogP contribution in [0.25, 0.3) is 0 Å². The molecule has 1 atom stereocenters. The quantitative estimate of drug-likeness (QED) is 0.857. The van der Waals surface area contributed by atoms with Crippen LogP contribution in [0, 0.1) is 5.92 Å². The zero-order valence-corrected chi connectivity index (χ0v) is 14.7. The summed E-state index contributed by atoms with van der Waals surface area (Å²) >= 11 is 0. The molecule has 0 saturated carbocycles. The molecule has 2 amide bonds. The number of fused-ring (bicyclic) bond motifs is 1. The van der Waals surface area contributed by atoms with Crippen molar-refractivity contribution in [1.82, 2.24) is 10.2 Å². The maximum atomic E-state index is 12.5. The lowest BCUT2D eigenvalue weighted by molar-refractivity contribution is -0.126. The molecule has 1 unspecified atom stereocenters. The van der Waals surface area contributed by atoms with E-state index < -0.39 is 0 Å². The summed E-state index contributed by atoms with van der Waals surface area (Å²) in [4.78, 5) is 26.4. The summed E-state index contributed by atoms with van der Waals surface area (Å²) in [5, 5.41) is 5.64. The number of benzene rings is 1.